The summed E-state index contributed by atoms with van der Waals surface area (Å²) in [6.45, 7) is 8.35. The summed E-state index contributed by atoms with van der Waals surface area (Å²) in [7, 11) is 0. The number of thiazole rings is 1. The lowest BCUT2D eigenvalue weighted by molar-refractivity contribution is -0.135. The van der Waals surface area contributed by atoms with Gasteiger partial charge in [-0.25, -0.2) is 9.78 Å². The predicted octanol–water partition coefficient (Wildman–Crippen LogP) is 3.61. The molecule has 1 aliphatic rings. The molecule has 1 aromatic heterocycles. The summed E-state index contributed by atoms with van der Waals surface area (Å²) >= 11 is 1.25. The van der Waals surface area contributed by atoms with Gasteiger partial charge in [-0.3, -0.25) is 0 Å². The molecule has 24 heavy (non-hydrogen) atoms. The highest BCUT2D eigenvalue weighted by Crippen LogP contribution is 2.37. The van der Waals surface area contributed by atoms with Gasteiger partial charge in [0.15, 0.2) is 5.13 Å². The van der Waals surface area contributed by atoms with E-state index in [0.717, 1.165) is 18.8 Å². The van der Waals surface area contributed by atoms with E-state index in [4.69, 9.17) is 15.3 Å². The fourth-order valence-corrected chi connectivity index (χ4v) is 3.53. The number of hydrogen-bond acceptors (Lipinski definition) is 7. The van der Waals surface area contributed by atoms with Gasteiger partial charge in [-0.1, -0.05) is 24.9 Å². The average Bonchev–Trinajstić information content (AvgIpc) is 2.94. The zero-order valence-electron chi connectivity index (χ0n) is 14.9. The molecule has 7 heteroatoms. The van der Waals surface area contributed by atoms with E-state index < -0.39 is 11.6 Å². The third-order valence-corrected chi connectivity index (χ3v) is 5.28. The molecule has 0 aromatic carbocycles. The summed E-state index contributed by atoms with van der Waals surface area (Å²) in [6.07, 6.45) is 4.63. The Morgan fingerprint density at radius 2 is 2.08 bits per heavy atom. The van der Waals surface area contributed by atoms with Crippen molar-refractivity contribution in [3.05, 3.63) is 11.1 Å². The number of nitrogens with zero attached hydrogens (tertiary/aromatic N) is 2. The van der Waals surface area contributed by atoms with Crippen LogP contribution in [-0.2, 0) is 14.4 Å². The lowest BCUT2D eigenvalue weighted by Gasteiger charge is -2.36. The van der Waals surface area contributed by atoms with Crippen molar-refractivity contribution in [2.24, 2.45) is 17.0 Å². The molecule has 1 saturated carbocycles. The van der Waals surface area contributed by atoms with Crippen LogP contribution < -0.4 is 5.73 Å². The number of carbonyl (C=O) groups is 1. The van der Waals surface area contributed by atoms with Crippen molar-refractivity contribution >= 4 is 28.1 Å². The second-order valence-electron chi connectivity index (χ2n) is 6.88. The Bertz CT molecular complexity index is 590. The molecule has 0 atom stereocenters. The molecule has 0 radical (unpaired) electrons. The van der Waals surface area contributed by atoms with Crippen LogP contribution in [0.15, 0.2) is 10.5 Å². The zero-order valence-corrected chi connectivity index (χ0v) is 15.7. The highest BCUT2D eigenvalue weighted by atomic mass is 32.1. The van der Waals surface area contributed by atoms with Crippen molar-refractivity contribution in [3.8, 4) is 0 Å². The number of nitrogens with two attached hydrogens (primary N) is 1. The second-order valence-corrected chi connectivity index (χ2v) is 7.77. The van der Waals surface area contributed by atoms with Gasteiger partial charge in [0.25, 0.3) is 0 Å². The van der Waals surface area contributed by atoms with Crippen molar-refractivity contribution < 1.29 is 14.4 Å². The van der Waals surface area contributed by atoms with Crippen LogP contribution in [0.2, 0.25) is 0 Å². The Morgan fingerprint density at radius 1 is 1.42 bits per heavy atom. The molecule has 0 unspecified atom stereocenters. The van der Waals surface area contributed by atoms with Gasteiger partial charge in [0.2, 0.25) is 5.71 Å². The van der Waals surface area contributed by atoms with Gasteiger partial charge < -0.3 is 15.3 Å². The number of carbonyl (C=O) groups excluding carboxylic acids is 1. The van der Waals surface area contributed by atoms with E-state index in [0.29, 0.717) is 16.7 Å². The quantitative estimate of drug-likeness (QED) is 0.479. The first kappa shape index (κ1) is 18.7. The molecule has 0 amide bonds. The summed E-state index contributed by atoms with van der Waals surface area (Å²) in [5.74, 6) is 0.644. The molecule has 2 rings (SSSR count). The van der Waals surface area contributed by atoms with E-state index >= 15 is 0 Å². The first-order valence-corrected chi connectivity index (χ1v) is 9.36. The van der Waals surface area contributed by atoms with Crippen LogP contribution in [0.25, 0.3) is 0 Å². The van der Waals surface area contributed by atoms with E-state index in [2.05, 4.69) is 17.1 Å². The molecule has 134 valence electrons. The molecule has 0 bridgehead atoms. The Hall–Kier alpha value is -1.63. The minimum absolute atomic E-state index is 0.0713. The first-order chi connectivity index (χ1) is 11.3. The predicted molar refractivity (Wildman–Crippen MR) is 96.0 cm³/mol. The second kappa shape index (κ2) is 7.96. The van der Waals surface area contributed by atoms with Crippen LogP contribution in [0.4, 0.5) is 5.13 Å². The summed E-state index contributed by atoms with van der Waals surface area (Å²) in [5, 5.41) is 6.18. The molecular weight excluding hydrogens is 326 g/mol. The van der Waals surface area contributed by atoms with Gasteiger partial charge in [-0.15, -0.1) is 11.3 Å². The minimum Gasteiger partial charge on any atom is -0.461 e. The van der Waals surface area contributed by atoms with Crippen molar-refractivity contribution in [3.63, 3.8) is 0 Å². The monoisotopic (exact) mass is 353 g/mol. The number of rotatable bonds is 6. The minimum atomic E-state index is -0.545. The summed E-state index contributed by atoms with van der Waals surface area (Å²) in [5.41, 5.74) is 5.68. The molecule has 6 nitrogen and oxygen atoms in total. The zero-order chi connectivity index (χ0) is 17.7. The number of aromatic nitrogens is 1. The molecule has 1 aromatic rings. The van der Waals surface area contributed by atoms with Gasteiger partial charge >= 0.3 is 5.97 Å². The highest BCUT2D eigenvalue weighted by molar-refractivity contribution is 7.13. The van der Waals surface area contributed by atoms with Gasteiger partial charge in [0.1, 0.15) is 11.3 Å². The van der Waals surface area contributed by atoms with E-state index in [9.17, 15) is 4.79 Å². The Labute approximate surface area is 147 Å². The Balaban J connectivity index is 2.15. The largest absolute Gasteiger partial charge is 0.461 e. The lowest BCUT2D eigenvalue weighted by atomic mass is 9.75. The smallest absolute Gasteiger partial charge is 0.362 e. The maximum Gasteiger partial charge on any atom is 0.362 e. The van der Waals surface area contributed by atoms with Gasteiger partial charge in [-0.05, 0) is 39.5 Å². The Kier molecular flexibility index (Phi) is 6.21. The van der Waals surface area contributed by atoms with E-state index in [1.165, 1.54) is 24.2 Å². The van der Waals surface area contributed by atoms with Gasteiger partial charge in [0, 0.05) is 11.3 Å². The topological polar surface area (TPSA) is 86.8 Å². The molecule has 0 spiro atoms. The van der Waals surface area contributed by atoms with E-state index in [-0.39, 0.29) is 12.3 Å². The van der Waals surface area contributed by atoms with Crippen molar-refractivity contribution in [1.82, 2.24) is 4.98 Å². The molecular formula is C17H27N3O3S. The third kappa shape index (κ3) is 4.69. The van der Waals surface area contributed by atoms with Gasteiger partial charge in [0.05, 0.1) is 6.61 Å². The van der Waals surface area contributed by atoms with Crippen molar-refractivity contribution in [2.45, 2.75) is 59.0 Å². The number of anilines is 1. The maximum absolute atomic E-state index is 12.2. The number of ether oxygens (including phenoxy) is 1. The number of oxime groups is 1. The average molecular weight is 353 g/mol. The molecule has 0 saturated heterocycles. The van der Waals surface area contributed by atoms with Crippen LogP contribution in [-0.4, -0.2) is 28.9 Å². The summed E-state index contributed by atoms with van der Waals surface area (Å²) < 4.78 is 5.07. The van der Waals surface area contributed by atoms with E-state index in [1.807, 2.05) is 13.8 Å². The number of nitrogen functional groups attached to an aromatic ring is 1. The van der Waals surface area contributed by atoms with Crippen LogP contribution in [0.1, 0.15) is 59.1 Å². The molecule has 1 aliphatic carbocycles. The van der Waals surface area contributed by atoms with Gasteiger partial charge in [-0.2, -0.15) is 0 Å². The van der Waals surface area contributed by atoms with Crippen LogP contribution in [0.5, 0.6) is 0 Å². The Morgan fingerprint density at radius 3 is 2.62 bits per heavy atom. The number of hydrogen-bond donors (Lipinski definition) is 1. The molecule has 2 N–H and O–H groups in total. The molecule has 1 heterocycles. The standard InChI is InChI=1S/C17H27N3O3S/c1-5-22-15(21)14(13-10-24-16(18)19-13)20-23-17(3,4)12-8-6-11(2)7-9-12/h10-12H,5-9H2,1-4H3,(H2,18,19)/b20-14+. The molecule has 0 aliphatic heterocycles. The molecule has 1 fully saturated rings. The van der Waals surface area contributed by atoms with Crippen LogP contribution >= 0.6 is 11.3 Å². The lowest BCUT2D eigenvalue weighted by Crippen LogP contribution is -2.36. The first-order valence-electron chi connectivity index (χ1n) is 8.48. The fourth-order valence-electron chi connectivity index (χ4n) is 2.98. The fraction of sp³-hybridized carbons (Fsp3) is 0.706. The van der Waals surface area contributed by atoms with Crippen molar-refractivity contribution in [1.29, 1.82) is 0 Å². The summed E-state index contributed by atoms with van der Waals surface area (Å²) in [6, 6.07) is 0. The van der Waals surface area contributed by atoms with Crippen molar-refractivity contribution in [2.75, 3.05) is 12.3 Å². The maximum atomic E-state index is 12.2. The van der Waals surface area contributed by atoms with Crippen LogP contribution in [0, 0.1) is 11.8 Å². The number of esters is 1. The third-order valence-electron chi connectivity index (χ3n) is 4.60. The normalized spacial score (nSPS) is 22.2. The van der Waals surface area contributed by atoms with E-state index in [1.54, 1.807) is 12.3 Å². The SMILES string of the molecule is CCOC(=O)/C(=N/OC(C)(C)C1CCC(C)CC1)c1csc(N)n1. The summed E-state index contributed by atoms with van der Waals surface area (Å²) in [4.78, 5) is 22.1. The highest BCUT2D eigenvalue weighted by Gasteiger charge is 2.35. The van der Waals surface area contributed by atoms with Crippen LogP contribution in [0.3, 0.4) is 0 Å².